The molecule has 0 amide bonds. The van der Waals surface area contributed by atoms with E-state index in [1.54, 1.807) is 0 Å². The van der Waals surface area contributed by atoms with E-state index in [9.17, 15) is 0 Å². The molecule has 0 unspecified atom stereocenters. The zero-order chi connectivity index (χ0) is 18.2. The van der Waals surface area contributed by atoms with Gasteiger partial charge in [-0.25, -0.2) is 0 Å². The fourth-order valence-electron chi connectivity index (χ4n) is 3.53. The lowest BCUT2D eigenvalue weighted by Crippen LogP contribution is -2.33. The predicted molar refractivity (Wildman–Crippen MR) is 123 cm³/mol. The minimum Gasteiger partial charge on any atom is -0.110 e. The minimum absolute atomic E-state index is 0.132. The van der Waals surface area contributed by atoms with Crippen LogP contribution in [-0.2, 0) is 0 Å². The molecule has 0 aliphatic carbocycles. The second kappa shape index (κ2) is 9.72. The largest absolute Gasteiger partial charge is 0.112 e. The highest BCUT2D eigenvalue weighted by Crippen LogP contribution is 2.55. The Kier molecular flexibility index (Phi) is 7.34. The first-order chi connectivity index (χ1) is 12.7. The van der Waals surface area contributed by atoms with Crippen LogP contribution in [0.5, 0.6) is 0 Å². The summed E-state index contributed by atoms with van der Waals surface area (Å²) in [5, 5.41) is 4.35. The van der Waals surface area contributed by atoms with E-state index in [-0.39, 0.29) is 4.46 Å². The Hall–Kier alpha value is -1.11. The number of halogens is 2. The summed E-state index contributed by atoms with van der Waals surface area (Å²) in [6, 6.07) is 34.3. The highest BCUT2D eigenvalue weighted by atomic mass is 35.5. The van der Waals surface area contributed by atoms with E-state index in [1.807, 2.05) is 0 Å². The van der Waals surface area contributed by atoms with Crippen LogP contribution in [0.3, 0.4) is 0 Å². The van der Waals surface area contributed by atoms with Crippen LogP contribution >= 0.6 is 30.5 Å². The fraction of sp³-hybridized carbons (Fsp3) is 0.182. The summed E-state index contributed by atoms with van der Waals surface area (Å²) in [4.78, 5) is 0. The molecule has 0 nitrogen and oxygen atoms in total. The van der Waals surface area contributed by atoms with Crippen molar-refractivity contribution in [3.8, 4) is 0 Å². The minimum atomic E-state index is -1.68. The first kappa shape index (κ1) is 19.6. The first-order valence-corrected chi connectivity index (χ1v) is 13.7. The Bertz CT molecular complexity index is 682. The van der Waals surface area contributed by atoms with Gasteiger partial charge in [0.25, 0.3) is 0 Å². The van der Waals surface area contributed by atoms with Crippen molar-refractivity contribution >= 4 is 55.9 Å². The van der Waals surface area contributed by atoms with Gasteiger partial charge < -0.3 is 0 Å². The molecular formula is C22H24Cl2PSi+. The van der Waals surface area contributed by atoms with Crippen LogP contribution in [0.2, 0.25) is 6.04 Å². The lowest BCUT2D eigenvalue weighted by Gasteiger charge is -2.27. The molecule has 3 aromatic rings. The van der Waals surface area contributed by atoms with Crippen LogP contribution in [0.25, 0.3) is 0 Å². The Morgan fingerprint density at radius 1 is 0.654 bits per heavy atom. The lowest BCUT2D eigenvalue weighted by atomic mass is 10.4. The molecule has 0 aliphatic heterocycles. The van der Waals surface area contributed by atoms with Crippen molar-refractivity contribution in [3.63, 3.8) is 0 Å². The van der Waals surface area contributed by atoms with Crippen molar-refractivity contribution in [1.29, 1.82) is 0 Å². The predicted octanol–water partition coefficient (Wildman–Crippen LogP) is 4.72. The van der Waals surface area contributed by atoms with E-state index >= 15 is 0 Å². The molecular weight excluding hydrogens is 394 g/mol. The molecule has 0 N–H and O–H groups in total. The van der Waals surface area contributed by atoms with Gasteiger partial charge in [-0.3, -0.25) is 0 Å². The Balaban J connectivity index is 2.09. The van der Waals surface area contributed by atoms with Crippen LogP contribution in [0.15, 0.2) is 91.0 Å². The molecule has 134 valence electrons. The van der Waals surface area contributed by atoms with Crippen molar-refractivity contribution in [1.82, 2.24) is 0 Å². The summed E-state index contributed by atoms with van der Waals surface area (Å²) in [5.41, 5.74) is 0. The molecule has 0 saturated carbocycles. The average Bonchev–Trinajstić information content (AvgIpc) is 2.70. The van der Waals surface area contributed by atoms with Gasteiger partial charge >= 0.3 is 0 Å². The molecule has 0 radical (unpaired) electrons. The summed E-state index contributed by atoms with van der Waals surface area (Å²) < 4.78 is -0.132. The van der Waals surface area contributed by atoms with Gasteiger partial charge in [0.15, 0.2) is 0 Å². The molecule has 0 spiro atoms. The van der Waals surface area contributed by atoms with Crippen molar-refractivity contribution in [3.05, 3.63) is 91.0 Å². The summed E-state index contributed by atoms with van der Waals surface area (Å²) in [6.45, 7) is 0. The molecule has 3 rings (SSSR count). The number of benzene rings is 3. The summed E-state index contributed by atoms with van der Waals surface area (Å²) >= 11 is 12.0. The SMILES string of the molecule is ClC(Cl)[SiH2]CCC[P+](c1ccccc1)(c1ccccc1)c1ccccc1. The average molecular weight is 418 g/mol. The van der Waals surface area contributed by atoms with Crippen molar-refractivity contribution in [2.45, 2.75) is 16.9 Å². The molecule has 0 bridgehead atoms. The fourth-order valence-corrected chi connectivity index (χ4v) is 10.1. The highest BCUT2D eigenvalue weighted by Gasteiger charge is 2.44. The first-order valence-electron chi connectivity index (χ1n) is 9.06. The zero-order valence-corrected chi connectivity index (χ0v) is 18.6. The van der Waals surface area contributed by atoms with Crippen molar-refractivity contribution < 1.29 is 0 Å². The number of hydrogen-bond acceptors (Lipinski definition) is 0. The van der Waals surface area contributed by atoms with E-state index in [0.29, 0.717) is 0 Å². The standard InChI is InChI=1S/C22H24Cl2PSi/c23-22(24)26-18-10-17-25(19-11-4-1-5-12-19,20-13-6-2-7-14-20)21-15-8-3-9-16-21/h1-9,11-16,22H,10,17-18,26H2/q+1. The number of hydrogen-bond donors (Lipinski definition) is 0. The lowest BCUT2D eigenvalue weighted by molar-refractivity contribution is 1.08. The van der Waals surface area contributed by atoms with E-state index in [0.717, 1.165) is 0 Å². The van der Waals surface area contributed by atoms with Crippen LogP contribution in [0.1, 0.15) is 6.42 Å². The molecule has 0 heterocycles. The molecule has 0 saturated heterocycles. The van der Waals surface area contributed by atoms with E-state index in [2.05, 4.69) is 91.0 Å². The van der Waals surface area contributed by atoms with E-state index < -0.39 is 16.8 Å². The molecule has 0 aromatic heterocycles. The zero-order valence-electron chi connectivity index (χ0n) is 14.8. The second-order valence-electron chi connectivity index (χ2n) is 6.43. The molecule has 0 fully saturated rings. The molecule has 4 heteroatoms. The summed E-state index contributed by atoms with van der Waals surface area (Å²) in [7, 11) is -2.09. The van der Waals surface area contributed by atoms with E-state index in [1.165, 1.54) is 34.5 Å². The normalized spacial score (nSPS) is 12.1. The van der Waals surface area contributed by atoms with Crippen LogP contribution in [-0.4, -0.2) is 20.1 Å². The summed E-state index contributed by atoms with van der Waals surface area (Å²) in [6.07, 6.45) is 2.34. The monoisotopic (exact) mass is 417 g/mol. The van der Waals surface area contributed by atoms with Gasteiger partial charge in [-0.05, 0) is 42.8 Å². The molecule has 0 atom stereocenters. The third-order valence-electron chi connectivity index (χ3n) is 4.76. The van der Waals surface area contributed by atoms with Crippen LogP contribution in [0, 0.1) is 0 Å². The van der Waals surface area contributed by atoms with Gasteiger partial charge in [-0.1, -0.05) is 60.6 Å². The van der Waals surface area contributed by atoms with Gasteiger partial charge in [0.1, 0.15) is 23.2 Å². The molecule has 0 aliphatic rings. The van der Waals surface area contributed by atoms with Gasteiger partial charge in [0.2, 0.25) is 0 Å². The van der Waals surface area contributed by atoms with E-state index in [4.69, 9.17) is 23.2 Å². The summed E-state index contributed by atoms with van der Waals surface area (Å²) in [5.74, 6) is 0. The Morgan fingerprint density at radius 3 is 1.38 bits per heavy atom. The van der Waals surface area contributed by atoms with Gasteiger partial charge in [0.05, 0.1) is 20.1 Å². The van der Waals surface area contributed by atoms with Gasteiger partial charge in [-0.15, -0.1) is 23.2 Å². The highest BCUT2D eigenvalue weighted by molar-refractivity contribution is 7.95. The van der Waals surface area contributed by atoms with Crippen LogP contribution < -0.4 is 15.9 Å². The van der Waals surface area contributed by atoms with Gasteiger partial charge in [0, 0.05) is 0 Å². The Morgan fingerprint density at radius 2 is 1.04 bits per heavy atom. The second-order valence-corrected chi connectivity index (χ2v) is 14.5. The van der Waals surface area contributed by atoms with Crippen LogP contribution in [0.4, 0.5) is 0 Å². The maximum absolute atomic E-state index is 6.02. The van der Waals surface area contributed by atoms with Crippen molar-refractivity contribution in [2.75, 3.05) is 6.16 Å². The topological polar surface area (TPSA) is 0 Å². The maximum atomic E-state index is 6.02. The maximum Gasteiger partial charge on any atom is 0.112 e. The smallest absolute Gasteiger partial charge is 0.110 e. The quantitative estimate of drug-likeness (QED) is 0.215. The third kappa shape index (κ3) is 4.59. The number of alkyl halides is 2. The molecule has 26 heavy (non-hydrogen) atoms. The Labute approximate surface area is 169 Å². The third-order valence-corrected chi connectivity index (χ3v) is 11.9. The van der Waals surface area contributed by atoms with Gasteiger partial charge in [-0.2, -0.15) is 0 Å². The number of rotatable bonds is 8. The van der Waals surface area contributed by atoms with Crippen molar-refractivity contribution in [2.24, 2.45) is 0 Å². The molecule has 3 aromatic carbocycles.